The molecule has 104 valence electrons. The van der Waals surface area contributed by atoms with E-state index in [1.54, 1.807) is 0 Å². The molecule has 20 heavy (non-hydrogen) atoms. The third kappa shape index (κ3) is 3.57. The first-order chi connectivity index (χ1) is 9.58. The lowest BCUT2D eigenvalue weighted by atomic mass is 10.1. The van der Waals surface area contributed by atoms with Crippen LogP contribution in [-0.4, -0.2) is 5.97 Å². The van der Waals surface area contributed by atoms with Crippen molar-refractivity contribution >= 4 is 11.7 Å². The monoisotopic (exact) mass is 273 g/mol. The lowest BCUT2D eigenvalue weighted by Crippen LogP contribution is -2.06. The molecule has 0 aliphatic rings. The van der Waals surface area contributed by atoms with Crippen molar-refractivity contribution in [2.24, 2.45) is 0 Å². The predicted octanol–water partition coefficient (Wildman–Crippen LogP) is 3.33. The van der Waals surface area contributed by atoms with E-state index in [1.165, 1.54) is 11.6 Å². The maximum atomic E-state index is 13.1. The van der Waals surface area contributed by atoms with Gasteiger partial charge in [-0.3, -0.25) is 0 Å². The normalized spacial score (nSPS) is 10.3. The number of anilines is 1. The van der Waals surface area contributed by atoms with Crippen LogP contribution in [0.3, 0.4) is 0 Å². The van der Waals surface area contributed by atoms with Gasteiger partial charge >= 0.3 is 5.97 Å². The molecular weight excluding hydrogens is 257 g/mol. The van der Waals surface area contributed by atoms with Crippen molar-refractivity contribution in [1.82, 2.24) is 0 Å². The predicted molar refractivity (Wildman–Crippen MR) is 75.8 cm³/mol. The molecule has 0 saturated heterocycles. The molecule has 0 fully saturated rings. The van der Waals surface area contributed by atoms with Crippen LogP contribution in [-0.2, 0) is 17.8 Å². The van der Waals surface area contributed by atoms with Crippen molar-refractivity contribution < 1.29 is 13.9 Å². The van der Waals surface area contributed by atoms with Crippen molar-refractivity contribution in [3.63, 3.8) is 0 Å². The number of esters is 1. The van der Waals surface area contributed by atoms with Crippen LogP contribution >= 0.6 is 0 Å². The van der Waals surface area contributed by atoms with Gasteiger partial charge in [0.05, 0.1) is 5.56 Å². The molecule has 2 aromatic carbocycles. The average Bonchev–Trinajstić information content (AvgIpc) is 2.44. The number of benzene rings is 2. The zero-order chi connectivity index (χ0) is 14.5. The highest BCUT2D eigenvalue weighted by Crippen LogP contribution is 2.13. The first-order valence-corrected chi connectivity index (χ1v) is 6.39. The quantitative estimate of drug-likeness (QED) is 0.686. The molecule has 0 unspecified atom stereocenters. The first kappa shape index (κ1) is 14.1. The SMILES string of the molecule is CCc1ccc(COC(=O)c2cc(N)cc(F)c2)cc1. The number of rotatable bonds is 4. The van der Waals surface area contributed by atoms with Gasteiger partial charge in [0.1, 0.15) is 12.4 Å². The molecule has 2 aromatic rings. The Labute approximate surface area is 117 Å². The van der Waals surface area contributed by atoms with Gasteiger partial charge in [-0.25, -0.2) is 9.18 Å². The van der Waals surface area contributed by atoms with Crippen LogP contribution in [0.15, 0.2) is 42.5 Å². The molecule has 0 radical (unpaired) electrons. The number of hydrogen-bond acceptors (Lipinski definition) is 3. The Bertz CT molecular complexity index is 588. The summed E-state index contributed by atoms with van der Waals surface area (Å²) in [7, 11) is 0. The smallest absolute Gasteiger partial charge is 0.338 e. The first-order valence-electron chi connectivity index (χ1n) is 6.39. The summed E-state index contributed by atoms with van der Waals surface area (Å²) in [4.78, 5) is 11.8. The third-order valence-corrected chi connectivity index (χ3v) is 2.96. The maximum absolute atomic E-state index is 13.1. The standard InChI is InChI=1S/C16H16FNO2/c1-2-11-3-5-12(6-4-11)10-20-16(19)13-7-14(17)9-15(18)8-13/h3-9H,2,10,18H2,1H3. The number of aryl methyl sites for hydroxylation is 1. The molecule has 0 aliphatic heterocycles. The van der Waals surface area contributed by atoms with Gasteiger partial charge in [0.25, 0.3) is 0 Å². The molecule has 0 saturated carbocycles. The molecule has 0 bridgehead atoms. The van der Waals surface area contributed by atoms with Crippen molar-refractivity contribution in [2.75, 3.05) is 5.73 Å². The highest BCUT2D eigenvalue weighted by Gasteiger charge is 2.09. The number of ether oxygens (including phenoxy) is 1. The van der Waals surface area contributed by atoms with Crippen LogP contribution in [0, 0.1) is 5.82 Å². The topological polar surface area (TPSA) is 52.3 Å². The van der Waals surface area contributed by atoms with Crippen LogP contribution in [0.1, 0.15) is 28.4 Å². The highest BCUT2D eigenvalue weighted by atomic mass is 19.1. The molecule has 0 atom stereocenters. The van der Waals surface area contributed by atoms with Gasteiger partial charge in [-0.15, -0.1) is 0 Å². The minimum Gasteiger partial charge on any atom is -0.457 e. The summed E-state index contributed by atoms with van der Waals surface area (Å²) in [5.41, 5.74) is 7.91. The number of carbonyl (C=O) groups is 1. The zero-order valence-electron chi connectivity index (χ0n) is 11.2. The molecule has 4 heteroatoms. The van der Waals surface area contributed by atoms with E-state index in [1.807, 2.05) is 24.3 Å². The number of nitrogens with two attached hydrogens (primary N) is 1. The van der Waals surface area contributed by atoms with Gasteiger partial charge in [0.15, 0.2) is 0 Å². The minimum atomic E-state index is -0.587. The summed E-state index contributed by atoms with van der Waals surface area (Å²) in [6.45, 7) is 2.22. The number of nitrogen functional groups attached to an aromatic ring is 1. The van der Waals surface area contributed by atoms with Crippen LogP contribution in [0.5, 0.6) is 0 Å². The largest absolute Gasteiger partial charge is 0.457 e. The second kappa shape index (κ2) is 6.19. The fourth-order valence-corrected chi connectivity index (χ4v) is 1.83. The lowest BCUT2D eigenvalue weighted by molar-refractivity contribution is 0.0472. The number of hydrogen-bond donors (Lipinski definition) is 1. The molecule has 0 spiro atoms. The van der Waals surface area contributed by atoms with Crippen molar-refractivity contribution in [3.8, 4) is 0 Å². The Kier molecular flexibility index (Phi) is 4.35. The molecule has 3 nitrogen and oxygen atoms in total. The van der Waals surface area contributed by atoms with E-state index < -0.39 is 11.8 Å². The van der Waals surface area contributed by atoms with E-state index >= 15 is 0 Å². The van der Waals surface area contributed by atoms with Crippen LogP contribution in [0.2, 0.25) is 0 Å². The van der Waals surface area contributed by atoms with Gasteiger partial charge in [-0.1, -0.05) is 31.2 Å². The fraction of sp³-hybridized carbons (Fsp3) is 0.188. The van der Waals surface area contributed by atoms with Gasteiger partial charge in [-0.05, 0) is 35.7 Å². The van der Waals surface area contributed by atoms with E-state index in [0.29, 0.717) is 0 Å². The van der Waals surface area contributed by atoms with Crippen molar-refractivity contribution in [1.29, 1.82) is 0 Å². The van der Waals surface area contributed by atoms with E-state index in [4.69, 9.17) is 10.5 Å². The fourth-order valence-electron chi connectivity index (χ4n) is 1.83. The third-order valence-electron chi connectivity index (χ3n) is 2.96. The molecule has 0 heterocycles. The summed E-state index contributed by atoms with van der Waals surface area (Å²) in [6, 6.07) is 11.5. The second-order valence-electron chi connectivity index (χ2n) is 4.52. The Morgan fingerprint density at radius 1 is 1.15 bits per heavy atom. The van der Waals surface area contributed by atoms with Crippen LogP contribution in [0.25, 0.3) is 0 Å². The Hall–Kier alpha value is -2.36. The Morgan fingerprint density at radius 2 is 1.80 bits per heavy atom. The number of halogens is 1. The van der Waals surface area contributed by atoms with Crippen molar-refractivity contribution in [2.45, 2.75) is 20.0 Å². The minimum absolute atomic E-state index is 0.118. The van der Waals surface area contributed by atoms with E-state index in [-0.39, 0.29) is 17.9 Å². The van der Waals surface area contributed by atoms with E-state index in [9.17, 15) is 9.18 Å². The molecule has 0 aliphatic carbocycles. The summed E-state index contributed by atoms with van der Waals surface area (Å²) < 4.78 is 18.3. The second-order valence-corrected chi connectivity index (χ2v) is 4.52. The summed E-state index contributed by atoms with van der Waals surface area (Å²) in [6.07, 6.45) is 0.961. The summed E-state index contributed by atoms with van der Waals surface area (Å²) >= 11 is 0. The van der Waals surface area contributed by atoms with Crippen molar-refractivity contribution in [3.05, 3.63) is 65.0 Å². The van der Waals surface area contributed by atoms with Crippen LogP contribution in [0.4, 0.5) is 10.1 Å². The zero-order valence-corrected chi connectivity index (χ0v) is 11.2. The molecule has 0 aromatic heterocycles. The molecular formula is C16H16FNO2. The summed E-state index contributed by atoms with van der Waals surface area (Å²) in [5.74, 6) is -1.14. The maximum Gasteiger partial charge on any atom is 0.338 e. The van der Waals surface area contributed by atoms with Gasteiger partial charge in [0.2, 0.25) is 0 Å². The molecule has 0 amide bonds. The van der Waals surface area contributed by atoms with Crippen LogP contribution < -0.4 is 5.73 Å². The van der Waals surface area contributed by atoms with E-state index in [2.05, 4.69) is 6.92 Å². The molecule has 2 rings (SSSR count). The average molecular weight is 273 g/mol. The summed E-state index contributed by atoms with van der Waals surface area (Å²) in [5, 5.41) is 0. The Balaban J connectivity index is 2.00. The highest BCUT2D eigenvalue weighted by molar-refractivity contribution is 5.90. The van der Waals surface area contributed by atoms with E-state index in [0.717, 1.165) is 24.1 Å². The van der Waals surface area contributed by atoms with Gasteiger partial charge in [-0.2, -0.15) is 0 Å². The Morgan fingerprint density at radius 3 is 2.40 bits per heavy atom. The van der Waals surface area contributed by atoms with Gasteiger partial charge < -0.3 is 10.5 Å². The van der Waals surface area contributed by atoms with Gasteiger partial charge in [0, 0.05) is 5.69 Å². The number of carbonyl (C=O) groups excluding carboxylic acids is 1. The molecule has 2 N–H and O–H groups in total. The lowest BCUT2D eigenvalue weighted by Gasteiger charge is -2.06.